The number of nitrogens with one attached hydrogen (secondary N) is 1. The van der Waals surface area contributed by atoms with E-state index in [1.807, 2.05) is 11.8 Å². The van der Waals surface area contributed by atoms with Crippen LogP contribution >= 0.6 is 11.8 Å². The number of piperidine rings is 1. The number of ether oxygens (including phenoxy) is 1. The van der Waals surface area contributed by atoms with Crippen LogP contribution < -0.4 is 9.46 Å². The Bertz CT molecular complexity index is 637. The van der Waals surface area contributed by atoms with E-state index in [-0.39, 0.29) is 4.90 Å². The van der Waals surface area contributed by atoms with E-state index >= 15 is 0 Å². The summed E-state index contributed by atoms with van der Waals surface area (Å²) in [5.41, 5.74) is 0. The topological polar surface area (TPSA) is 58.6 Å². The van der Waals surface area contributed by atoms with Gasteiger partial charge in [-0.15, -0.1) is 0 Å². The lowest BCUT2D eigenvalue weighted by Crippen LogP contribution is -2.43. The zero-order chi connectivity index (χ0) is 17.0. The van der Waals surface area contributed by atoms with Crippen LogP contribution in [0.4, 0.5) is 0 Å². The zero-order valence-electron chi connectivity index (χ0n) is 14.1. The first-order valence-electron chi connectivity index (χ1n) is 8.54. The minimum atomic E-state index is -3.47. The molecule has 1 aromatic rings. The van der Waals surface area contributed by atoms with Crippen molar-refractivity contribution in [3.05, 3.63) is 24.3 Å². The van der Waals surface area contributed by atoms with E-state index in [1.54, 1.807) is 24.3 Å². The fourth-order valence-corrected chi connectivity index (χ4v) is 5.82. The lowest BCUT2D eigenvalue weighted by atomic mass is 9.96. The number of methoxy groups -OCH3 is 1. The molecule has 0 aliphatic carbocycles. The lowest BCUT2D eigenvalue weighted by Gasteiger charge is -2.35. The molecule has 5 nitrogen and oxygen atoms in total. The van der Waals surface area contributed by atoms with Crippen molar-refractivity contribution < 1.29 is 13.2 Å². The average molecular weight is 371 g/mol. The van der Waals surface area contributed by atoms with Gasteiger partial charge in [-0.2, -0.15) is 11.8 Å². The first-order valence-corrected chi connectivity index (χ1v) is 11.2. The minimum absolute atomic E-state index is 0.266. The van der Waals surface area contributed by atoms with Crippen LogP contribution in [-0.2, 0) is 10.0 Å². The van der Waals surface area contributed by atoms with E-state index in [2.05, 4.69) is 9.62 Å². The van der Waals surface area contributed by atoms with Crippen LogP contribution in [0.5, 0.6) is 5.75 Å². The van der Waals surface area contributed by atoms with Gasteiger partial charge in [-0.05, 0) is 56.2 Å². The predicted molar refractivity (Wildman–Crippen MR) is 98.2 cm³/mol. The molecule has 7 heteroatoms. The Kier molecular flexibility index (Phi) is 6.07. The number of likely N-dealkylation sites (tertiary alicyclic amines) is 1. The molecule has 0 unspecified atom stereocenters. The monoisotopic (exact) mass is 370 g/mol. The third kappa shape index (κ3) is 4.45. The minimum Gasteiger partial charge on any atom is -0.497 e. The van der Waals surface area contributed by atoms with Crippen molar-refractivity contribution in [1.82, 2.24) is 9.62 Å². The Hall–Kier alpha value is -0.760. The lowest BCUT2D eigenvalue weighted by molar-refractivity contribution is 0.145. The van der Waals surface area contributed by atoms with Crippen LogP contribution in [-0.4, -0.2) is 57.6 Å². The average Bonchev–Trinajstić information content (AvgIpc) is 3.15. The van der Waals surface area contributed by atoms with E-state index in [0.717, 1.165) is 32.0 Å². The highest BCUT2D eigenvalue weighted by Crippen LogP contribution is 2.27. The van der Waals surface area contributed by atoms with Crippen molar-refractivity contribution in [2.45, 2.75) is 30.2 Å². The fourth-order valence-electron chi connectivity index (χ4n) is 3.41. The summed E-state index contributed by atoms with van der Waals surface area (Å²) in [4.78, 5) is 2.86. The molecule has 0 saturated carbocycles. The van der Waals surface area contributed by atoms with Crippen molar-refractivity contribution in [1.29, 1.82) is 0 Å². The van der Waals surface area contributed by atoms with E-state index in [1.165, 1.54) is 25.0 Å². The second-order valence-electron chi connectivity index (χ2n) is 6.53. The smallest absolute Gasteiger partial charge is 0.240 e. The summed E-state index contributed by atoms with van der Waals surface area (Å²) < 4.78 is 32.8. The van der Waals surface area contributed by atoms with Crippen LogP contribution in [0.1, 0.15) is 19.3 Å². The first kappa shape index (κ1) is 18.0. The van der Waals surface area contributed by atoms with Gasteiger partial charge in [0.25, 0.3) is 0 Å². The number of hydrogen-bond donors (Lipinski definition) is 1. The Balaban J connectivity index is 1.50. The number of nitrogens with zero attached hydrogens (tertiary/aromatic N) is 1. The van der Waals surface area contributed by atoms with Gasteiger partial charge in [-0.25, -0.2) is 13.1 Å². The number of thioether (sulfide) groups is 1. The Morgan fingerprint density at radius 1 is 1.29 bits per heavy atom. The molecule has 1 atom stereocenters. The highest BCUT2D eigenvalue weighted by Gasteiger charge is 2.28. The van der Waals surface area contributed by atoms with Gasteiger partial charge >= 0.3 is 0 Å². The normalized spacial score (nSPS) is 23.5. The van der Waals surface area contributed by atoms with Gasteiger partial charge in [0.1, 0.15) is 5.75 Å². The maximum atomic E-state index is 12.4. The quantitative estimate of drug-likeness (QED) is 0.832. The molecule has 0 spiro atoms. The summed E-state index contributed by atoms with van der Waals surface area (Å²) in [6, 6.07) is 7.35. The van der Waals surface area contributed by atoms with Gasteiger partial charge in [0.05, 0.1) is 12.0 Å². The summed E-state index contributed by atoms with van der Waals surface area (Å²) in [5.74, 6) is 3.52. The molecule has 3 rings (SSSR count). The van der Waals surface area contributed by atoms with Gasteiger partial charge in [0.15, 0.2) is 0 Å². The van der Waals surface area contributed by atoms with Gasteiger partial charge in [-0.1, -0.05) is 6.07 Å². The molecule has 1 N–H and O–H groups in total. The van der Waals surface area contributed by atoms with Crippen LogP contribution in [0.15, 0.2) is 29.2 Å². The summed E-state index contributed by atoms with van der Waals surface area (Å²) in [7, 11) is -1.93. The Morgan fingerprint density at radius 2 is 2.08 bits per heavy atom. The van der Waals surface area contributed by atoms with Crippen LogP contribution in [0, 0.1) is 5.92 Å². The van der Waals surface area contributed by atoms with Crippen molar-refractivity contribution in [3.8, 4) is 5.75 Å². The molecule has 2 saturated heterocycles. The third-order valence-electron chi connectivity index (χ3n) is 4.98. The molecule has 134 valence electrons. The Labute approximate surface area is 149 Å². The molecule has 2 fully saturated rings. The second kappa shape index (κ2) is 8.08. The van der Waals surface area contributed by atoms with Gasteiger partial charge in [0, 0.05) is 24.4 Å². The number of benzene rings is 1. The van der Waals surface area contributed by atoms with Crippen molar-refractivity contribution in [2.75, 3.05) is 38.2 Å². The highest BCUT2D eigenvalue weighted by molar-refractivity contribution is 7.99. The summed E-state index contributed by atoms with van der Waals surface area (Å²) in [5, 5.41) is 0. The van der Waals surface area contributed by atoms with Crippen LogP contribution in [0.25, 0.3) is 0 Å². The standard InChI is InChI=1S/C17H26N2O3S2/c1-22-16-3-2-4-17(11-16)24(20,21)18-12-14-5-8-19(9-6-14)15-7-10-23-13-15/h2-4,11,14-15,18H,5-10,12-13H2,1H3/t15-/m0/s1. The predicted octanol–water partition coefficient (Wildman–Crippen LogP) is 2.19. The van der Waals surface area contributed by atoms with Gasteiger partial charge in [0.2, 0.25) is 10.0 Å². The second-order valence-corrected chi connectivity index (χ2v) is 9.44. The molecule has 0 bridgehead atoms. The van der Waals surface area contributed by atoms with E-state index in [4.69, 9.17) is 4.74 Å². The van der Waals surface area contributed by atoms with E-state index < -0.39 is 10.0 Å². The molecule has 0 radical (unpaired) electrons. The van der Waals surface area contributed by atoms with Gasteiger partial charge < -0.3 is 4.74 Å². The summed E-state index contributed by atoms with van der Waals surface area (Å²) >= 11 is 2.05. The SMILES string of the molecule is COc1cccc(S(=O)(=O)NCC2CCN([C@H]3CCSC3)CC2)c1. The number of hydrogen-bond acceptors (Lipinski definition) is 5. The number of sulfonamides is 1. The number of rotatable bonds is 6. The molecular formula is C17H26N2O3S2. The fraction of sp³-hybridized carbons (Fsp3) is 0.647. The summed E-state index contributed by atoms with van der Waals surface area (Å²) in [6.07, 6.45) is 3.45. The maximum Gasteiger partial charge on any atom is 0.240 e. The van der Waals surface area contributed by atoms with E-state index in [0.29, 0.717) is 18.2 Å². The molecule has 0 amide bonds. The van der Waals surface area contributed by atoms with Crippen molar-refractivity contribution in [2.24, 2.45) is 5.92 Å². The molecule has 2 aliphatic rings. The first-order chi connectivity index (χ1) is 11.6. The molecule has 0 aromatic heterocycles. The van der Waals surface area contributed by atoms with Crippen molar-refractivity contribution >= 4 is 21.8 Å². The maximum absolute atomic E-state index is 12.4. The van der Waals surface area contributed by atoms with Gasteiger partial charge in [-0.3, -0.25) is 4.90 Å². The molecule has 1 aromatic carbocycles. The van der Waals surface area contributed by atoms with E-state index in [9.17, 15) is 8.42 Å². The summed E-state index contributed by atoms with van der Waals surface area (Å²) in [6.45, 7) is 2.71. The largest absolute Gasteiger partial charge is 0.497 e. The van der Waals surface area contributed by atoms with Crippen molar-refractivity contribution in [3.63, 3.8) is 0 Å². The van der Waals surface area contributed by atoms with Crippen LogP contribution in [0.3, 0.4) is 0 Å². The van der Waals surface area contributed by atoms with Crippen LogP contribution in [0.2, 0.25) is 0 Å². The molecule has 2 heterocycles. The molecular weight excluding hydrogens is 344 g/mol. The highest BCUT2D eigenvalue weighted by atomic mass is 32.2. The molecule has 2 aliphatic heterocycles. The third-order valence-corrected chi connectivity index (χ3v) is 7.55. The Morgan fingerprint density at radius 3 is 2.75 bits per heavy atom. The zero-order valence-corrected chi connectivity index (χ0v) is 15.7. The molecule has 24 heavy (non-hydrogen) atoms.